The molecule has 0 spiro atoms. The summed E-state index contributed by atoms with van der Waals surface area (Å²) in [4.78, 5) is 12.4. The van der Waals surface area contributed by atoms with E-state index in [9.17, 15) is 4.79 Å². The molecule has 1 aliphatic heterocycles. The fourth-order valence-corrected chi connectivity index (χ4v) is 1.11. The zero-order chi connectivity index (χ0) is 8.97. The van der Waals surface area contributed by atoms with E-state index in [2.05, 4.69) is 0 Å². The fraction of sp³-hybridized carbons (Fsp3) is 0.857. The average molecular weight is 175 g/mol. The predicted octanol–water partition coefficient (Wildman–Crippen LogP) is -0.818. The Morgan fingerprint density at radius 1 is 1.58 bits per heavy atom. The van der Waals surface area contributed by atoms with E-state index in [1.165, 1.54) is 4.90 Å². The Kier molecular flexibility index (Phi) is 3.31. The molecule has 0 radical (unpaired) electrons. The van der Waals surface area contributed by atoms with E-state index in [1.54, 1.807) is 0 Å². The van der Waals surface area contributed by atoms with Crippen LogP contribution in [0.5, 0.6) is 0 Å². The lowest BCUT2D eigenvalue weighted by Gasteiger charge is -2.10. The summed E-state index contributed by atoms with van der Waals surface area (Å²) in [7, 11) is 0. The molecule has 70 valence electrons. The second-order valence-corrected chi connectivity index (χ2v) is 2.71. The molecule has 1 heterocycles. The Bertz CT molecular complexity index is 161. The van der Waals surface area contributed by atoms with Crippen molar-refractivity contribution in [3.63, 3.8) is 0 Å². The number of carbonyl (C=O) groups is 1. The van der Waals surface area contributed by atoms with Crippen molar-refractivity contribution < 1.29 is 19.7 Å². The third-order valence-corrected chi connectivity index (χ3v) is 1.74. The molecule has 2 N–H and O–H groups in total. The number of carbonyl (C=O) groups excluding carboxylic acids is 1. The van der Waals surface area contributed by atoms with Gasteiger partial charge in [0.05, 0.1) is 13.2 Å². The van der Waals surface area contributed by atoms with Crippen LogP contribution in [-0.4, -0.2) is 53.6 Å². The highest BCUT2D eigenvalue weighted by atomic mass is 16.6. The van der Waals surface area contributed by atoms with Crippen molar-refractivity contribution in [2.45, 2.75) is 12.5 Å². The summed E-state index contributed by atoms with van der Waals surface area (Å²) >= 11 is 0. The number of ether oxygens (including phenoxy) is 1. The van der Waals surface area contributed by atoms with E-state index in [-0.39, 0.29) is 13.2 Å². The number of rotatable bonds is 4. The van der Waals surface area contributed by atoms with Gasteiger partial charge in [0.1, 0.15) is 6.10 Å². The molecule has 0 aliphatic carbocycles. The van der Waals surface area contributed by atoms with Gasteiger partial charge >= 0.3 is 6.09 Å². The van der Waals surface area contributed by atoms with Gasteiger partial charge in [0.15, 0.2) is 0 Å². The maximum absolute atomic E-state index is 11.0. The first-order valence-corrected chi connectivity index (χ1v) is 3.95. The summed E-state index contributed by atoms with van der Waals surface area (Å²) in [5, 5.41) is 17.2. The molecule has 0 saturated carbocycles. The van der Waals surface area contributed by atoms with Crippen molar-refractivity contribution >= 4 is 6.09 Å². The second kappa shape index (κ2) is 4.27. The molecule has 1 aliphatic rings. The molecule has 0 aromatic carbocycles. The Morgan fingerprint density at radius 3 is 2.83 bits per heavy atom. The van der Waals surface area contributed by atoms with Crippen molar-refractivity contribution in [1.82, 2.24) is 4.90 Å². The summed E-state index contributed by atoms with van der Waals surface area (Å²) in [6.45, 7) is 0.843. The average Bonchev–Trinajstić information content (AvgIpc) is 2.43. The van der Waals surface area contributed by atoms with E-state index >= 15 is 0 Å². The zero-order valence-corrected chi connectivity index (χ0v) is 6.77. The van der Waals surface area contributed by atoms with Crippen LogP contribution in [-0.2, 0) is 4.74 Å². The van der Waals surface area contributed by atoms with Gasteiger partial charge in [-0.1, -0.05) is 0 Å². The molecule has 1 rings (SSSR count). The highest BCUT2D eigenvalue weighted by Crippen LogP contribution is 2.10. The Balaban J connectivity index is 2.31. The quantitative estimate of drug-likeness (QED) is 0.585. The lowest BCUT2D eigenvalue weighted by atomic mass is 10.3. The van der Waals surface area contributed by atoms with Gasteiger partial charge in [0, 0.05) is 13.2 Å². The van der Waals surface area contributed by atoms with Crippen LogP contribution in [0.4, 0.5) is 4.79 Å². The molecule has 12 heavy (non-hydrogen) atoms. The van der Waals surface area contributed by atoms with Crippen LogP contribution in [0.2, 0.25) is 0 Å². The minimum Gasteiger partial charge on any atom is -0.442 e. The third-order valence-electron chi connectivity index (χ3n) is 1.74. The number of aliphatic hydroxyl groups is 2. The number of aliphatic hydroxyl groups excluding tert-OH is 2. The predicted molar refractivity (Wildman–Crippen MR) is 40.6 cm³/mol. The van der Waals surface area contributed by atoms with Crippen molar-refractivity contribution in [2.24, 2.45) is 0 Å². The lowest BCUT2D eigenvalue weighted by molar-refractivity contribution is 0.0947. The molecular formula is C7H13NO4. The van der Waals surface area contributed by atoms with Crippen molar-refractivity contribution in [1.29, 1.82) is 0 Å². The van der Waals surface area contributed by atoms with Crippen molar-refractivity contribution in [3.05, 3.63) is 0 Å². The molecule has 1 amide bonds. The van der Waals surface area contributed by atoms with Gasteiger partial charge < -0.3 is 19.8 Å². The molecule has 5 nitrogen and oxygen atoms in total. The molecule has 0 unspecified atom stereocenters. The summed E-state index contributed by atoms with van der Waals surface area (Å²) in [5.41, 5.74) is 0. The molecule has 1 saturated heterocycles. The topological polar surface area (TPSA) is 70.0 Å². The maximum Gasteiger partial charge on any atom is 0.410 e. The van der Waals surface area contributed by atoms with Crippen LogP contribution >= 0.6 is 0 Å². The standard InChI is InChI=1S/C7H13NO4/c9-3-1-2-8-4-6(5-10)12-7(8)11/h6,9-10H,1-5H2/t6-/m1/s1. The van der Waals surface area contributed by atoms with Gasteiger partial charge in [-0.2, -0.15) is 0 Å². The van der Waals surface area contributed by atoms with E-state index in [0.717, 1.165) is 0 Å². The molecule has 5 heteroatoms. The van der Waals surface area contributed by atoms with E-state index in [1.807, 2.05) is 0 Å². The zero-order valence-electron chi connectivity index (χ0n) is 6.77. The minimum absolute atomic E-state index is 0.0631. The number of cyclic esters (lactones) is 1. The minimum atomic E-state index is -0.400. The van der Waals surface area contributed by atoms with Crippen LogP contribution in [0.3, 0.4) is 0 Å². The van der Waals surface area contributed by atoms with Gasteiger partial charge in [-0.25, -0.2) is 4.79 Å². The Morgan fingerprint density at radius 2 is 2.33 bits per heavy atom. The smallest absolute Gasteiger partial charge is 0.410 e. The molecule has 0 aromatic rings. The summed E-state index contributed by atoms with van der Waals surface area (Å²) in [5.74, 6) is 0. The molecule has 1 atom stereocenters. The largest absolute Gasteiger partial charge is 0.442 e. The Hall–Kier alpha value is -0.810. The number of nitrogens with zero attached hydrogens (tertiary/aromatic N) is 1. The number of hydrogen-bond acceptors (Lipinski definition) is 4. The SMILES string of the molecule is O=C1O[C@@H](CO)CN1CCCO. The van der Waals surface area contributed by atoms with Crippen LogP contribution in [0.1, 0.15) is 6.42 Å². The number of hydrogen-bond donors (Lipinski definition) is 2. The summed E-state index contributed by atoms with van der Waals surface area (Å²) in [6, 6.07) is 0. The first kappa shape index (κ1) is 9.28. The van der Waals surface area contributed by atoms with Gasteiger partial charge in [-0.05, 0) is 6.42 Å². The third kappa shape index (κ3) is 2.09. The van der Waals surface area contributed by atoms with Gasteiger partial charge in [0.2, 0.25) is 0 Å². The number of amides is 1. The van der Waals surface area contributed by atoms with Crippen molar-refractivity contribution in [2.75, 3.05) is 26.3 Å². The van der Waals surface area contributed by atoms with Crippen LogP contribution in [0.25, 0.3) is 0 Å². The molecule has 0 bridgehead atoms. The molecular weight excluding hydrogens is 162 g/mol. The van der Waals surface area contributed by atoms with Crippen LogP contribution in [0.15, 0.2) is 0 Å². The molecule has 0 aromatic heterocycles. The maximum atomic E-state index is 11.0. The summed E-state index contributed by atoms with van der Waals surface area (Å²) in [6.07, 6.45) is -0.244. The van der Waals surface area contributed by atoms with Gasteiger partial charge in [0.25, 0.3) is 0 Å². The van der Waals surface area contributed by atoms with Gasteiger partial charge in [-0.3, -0.25) is 0 Å². The summed E-state index contributed by atoms with van der Waals surface area (Å²) < 4.78 is 4.78. The van der Waals surface area contributed by atoms with E-state index in [0.29, 0.717) is 19.5 Å². The van der Waals surface area contributed by atoms with Gasteiger partial charge in [-0.15, -0.1) is 0 Å². The Labute approximate surface area is 70.5 Å². The highest BCUT2D eigenvalue weighted by molar-refractivity contribution is 5.69. The lowest BCUT2D eigenvalue weighted by Crippen LogP contribution is -2.27. The van der Waals surface area contributed by atoms with Crippen LogP contribution in [0, 0.1) is 0 Å². The van der Waals surface area contributed by atoms with E-state index < -0.39 is 12.2 Å². The first-order valence-electron chi connectivity index (χ1n) is 3.95. The van der Waals surface area contributed by atoms with Crippen LogP contribution < -0.4 is 0 Å². The normalized spacial score (nSPS) is 23.0. The fourth-order valence-electron chi connectivity index (χ4n) is 1.11. The van der Waals surface area contributed by atoms with Crippen molar-refractivity contribution in [3.8, 4) is 0 Å². The first-order chi connectivity index (χ1) is 5.77. The second-order valence-electron chi connectivity index (χ2n) is 2.71. The molecule has 1 fully saturated rings. The van der Waals surface area contributed by atoms with E-state index in [4.69, 9.17) is 14.9 Å². The monoisotopic (exact) mass is 175 g/mol. The highest BCUT2D eigenvalue weighted by Gasteiger charge is 2.29.